The largest absolute Gasteiger partial charge is 0.751 e. The molecule has 186 valence electrons. The van der Waals surface area contributed by atoms with Crippen LogP contribution in [0.3, 0.4) is 0 Å². The van der Waals surface area contributed by atoms with E-state index in [1.807, 2.05) is 0 Å². The van der Waals surface area contributed by atoms with Gasteiger partial charge in [-0.3, -0.25) is 0 Å². The molecule has 1 aromatic carbocycles. The maximum absolute atomic E-state index is 13.3. The third-order valence-electron chi connectivity index (χ3n) is 6.88. The number of fused-ring (bicyclic) bond motifs is 2. The van der Waals surface area contributed by atoms with Crippen molar-refractivity contribution in [2.45, 2.75) is 107 Å². The first-order valence-electron chi connectivity index (χ1n) is 12.4. The molecule has 0 fully saturated rings. The van der Waals surface area contributed by atoms with E-state index in [1.54, 1.807) is 0 Å². The van der Waals surface area contributed by atoms with Crippen LogP contribution >= 0.6 is 8.25 Å². The van der Waals surface area contributed by atoms with Gasteiger partial charge in [-0.05, 0) is 62.5 Å². The van der Waals surface area contributed by atoms with Gasteiger partial charge in [0.1, 0.15) is 0 Å². The third kappa shape index (κ3) is 5.26. The SMILES string of the molecule is C/C1=C2\C=C(C(C)(C)C)C=C(C(C)(C)C)C2O[P+](=O)Oc2c1cc(C(C)(C)C)cc2C(C)(C)C. The molecule has 1 heterocycles. The maximum Gasteiger partial charge on any atom is 0.751 e. The van der Waals surface area contributed by atoms with Gasteiger partial charge in [-0.15, -0.1) is 0 Å². The van der Waals surface area contributed by atoms with Crippen LogP contribution in [0.5, 0.6) is 5.75 Å². The molecule has 0 bridgehead atoms. The summed E-state index contributed by atoms with van der Waals surface area (Å²) in [5.74, 6) is 0.683. The molecule has 4 heteroatoms. The van der Waals surface area contributed by atoms with Gasteiger partial charge in [0.25, 0.3) is 0 Å². The molecule has 3 nitrogen and oxygen atoms in total. The molecule has 2 unspecified atom stereocenters. The Hall–Kier alpha value is -1.70. The van der Waals surface area contributed by atoms with E-state index >= 15 is 0 Å². The smallest absolute Gasteiger partial charge is 0.228 e. The predicted octanol–water partition coefficient (Wildman–Crippen LogP) is 9.45. The highest BCUT2D eigenvalue weighted by atomic mass is 31.1. The molecule has 0 radical (unpaired) electrons. The van der Waals surface area contributed by atoms with Crippen molar-refractivity contribution in [2.75, 3.05) is 0 Å². The standard InChI is InChI=1S/C30H44O3P/c1-18-21-14-19(27(2,3)4)16-23(29(8,9)10)25(21)32-34(31)33-26-22(18)15-20(28(5,6)7)17-24(26)30(11,12)13/h14-17,25H,1-13H3/q+1/b21-18-. The summed E-state index contributed by atoms with van der Waals surface area (Å²) in [5, 5.41) is 0. The summed E-state index contributed by atoms with van der Waals surface area (Å²) in [5.41, 5.74) is 7.52. The van der Waals surface area contributed by atoms with Crippen LogP contribution in [0, 0.1) is 10.8 Å². The molecule has 0 amide bonds. The van der Waals surface area contributed by atoms with Crippen LogP contribution in [-0.2, 0) is 19.9 Å². The Morgan fingerprint density at radius 1 is 0.765 bits per heavy atom. The summed E-state index contributed by atoms with van der Waals surface area (Å²) in [6.45, 7) is 28.7. The minimum Gasteiger partial charge on any atom is -0.228 e. The van der Waals surface area contributed by atoms with Crippen molar-refractivity contribution in [3.63, 3.8) is 0 Å². The third-order valence-corrected chi connectivity index (χ3v) is 7.59. The van der Waals surface area contributed by atoms with Crippen LogP contribution in [-0.4, -0.2) is 6.10 Å². The fourth-order valence-corrected chi connectivity index (χ4v) is 5.28. The first kappa shape index (κ1) is 26.9. The highest BCUT2D eigenvalue weighted by Gasteiger charge is 2.44. The van der Waals surface area contributed by atoms with Crippen LogP contribution in [0.4, 0.5) is 0 Å². The summed E-state index contributed by atoms with van der Waals surface area (Å²) in [6, 6.07) is 4.45. The van der Waals surface area contributed by atoms with E-state index in [0.717, 1.165) is 27.8 Å². The molecule has 34 heavy (non-hydrogen) atoms. The topological polar surface area (TPSA) is 35.5 Å². The van der Waals surface area contributed by atoms with Crippen LogP contribution < -0.4 is 4.52 Å². The molecule has 0 N–H and O–H groups in total. The van der Waals surface area contributed by atoms with Gasteiger partial charge in [-0.25, -0.2) is 4.52 Å². The Kier molecular flexibility index (Phi) is 6.69. The molecule has 2 aliphatic rings. The van der Waals surface area contributed by atoms with Crippen molar-refractivity contribution in [3.8, 4) is 5.75 Å². The van der Waals surface area contributed by atoms with Crippen molar-refractivity contribution < 1.29 is 13.6 Å². The lowest BCUT2D eigenvalue weighted by molar-refractivity contribution is 0.225. The van der Waals surface area contributed by atoms with Crippen molar-refractivity contribution in [3.05, 3.63) is 57.7 Å². The number of hydrogen-bond acceptors (Lipinski definition) is 3. The Morgan fingerprint density at radius 3 is 1.82 bits per heavy atom. The number of hydrogen-bond donors (Lipinski definition) is 0. The average molecular weight is 484 g/mol. The van der Waals surface area contributed by atoms with Gasteiger partial charge < -0.3 is 0 Å². The highest BCUT2D eigenvalue weighted by Crippen LogP contribution is 2.52. The second-order valence-electron chi connectivity index (χ2n) is 14.0. The Balaban J connectivity index is 2.46. The Bertz CT molecular complexity index is 1100. The van der Waals surface area contributed by atoms with Crippen LogP contribution in [0.25, 0.3) is 5.57 Å². The Morgan fingerprint density at radius 2 is 1.35 bits per heavy atom. The van der Waals surface area contributed by atoms with Gasteiger partial charge in [0, 0.05) is 15.7 Å². The summed E-state index contributed by atoms with van der Waals surface area (Å²) in [4.78, 5) is 0. The van der Waals surface area contributed by atoms with E-state index in [0.29, 0.717) is 5.75 Å². The Labute approximate surface area is 208 Å². The maximum atomic E-state index is 13.3. The van der Waals surface area contributed by atoms with E-state index in [-0.39, 0.29) is 21.7 Å². The van der Waals surface area contributed by atoms with Gasteiger partial charge in [-0.1, -0.05) is 106 Å². The minimum absolute atomic E-state index is 0.0253. The van der Waals surface area contributed by atoms with E-state index in [1.165, 1.54) is 11.1 Å². The van der Waals surface area contributed by atoms with Crippen LogP contribution in [0.1, 0.15) is 107 Å². The zero-order valence-electron chi connectivity index (χ0n) is 23.6. The monoisotopic (exact) mass is 483 g/mol. The van der Waals surface area contributed by atoms with Crippen molar-refractivity contribution >= 4 is 13.8 Å². The number of rotatable bonds is 0. The molecule has 0 spiro atoms. The first-order chi connectivity index (χ1) is 15.2. The molecular formula is C30H44O3P+. The quantitative estimate of drug-likeness (QED) is 0.345. The lowest BCUT2D eigenvalue weighted by atomic mass is 9.71. The molecule has 1 aliphatic carbocycles. The molecule has 1 aromatic rings. The minimum atomic E-state index is -2.36. The molecular weight excluding hydrogens is 439 g/mol. The molecule has 0 saturated carbocycles. The van der Waals surface area contributed by atoms with Crippen LogP contribution in [0.15, 0.2) is 41.0 Å². The fraction of sp³-hybridized carbons (Fsp3) is 0.600. The van der Waals surface area contributed by atoms with Crippen molar-refractivity contribution in [2.24, 2.45) is 10.8 Å². The van der Waals surface area contributed by atoms with Crippen molar-refractivity contribution in [1.82, 2.24) is 0 Å². The fourth-order valence-electron chi connectivity index (χ4n) is 4.49. The molecule has 3 rings (SSSR count). The van der Waals surface area contributed by atoms with E-state index in [4.69, 9.17) is 9.05 Å². The summed E-state index contributed by atoms with van der Waals surface area (Å²) in [7, 11) is -2.36. The average Bonchev–Trinajstić information content (AvgIpc) is 2.63. The summed E-state index contributed by atoms with van der Waals surface area (Å²) < 4.78 is 25.7. The highest BCUT2D eigenvalue weighted by molar-refractivity contribution is 7.33. The number of allylic oxidation sites excluding steroid dienone is 3. The van der Waals surface area contributed by atoms with E-state index in [9.17, 15) is 4.57 Å². The molecule has 0 aromatic heterocycles. The summed E-state index contributed by atoms with van der Waals surface area (Å²) in [6.07, 6.45) is 4.10. The van der Waals surface area contributed by atoms with Crippen molar-refractivity contribution in [1.29, 1.82) is 0 Å². The van der Waals surface area contributed by atoms with Gasteiger partial charge in [0.05, 0.1) is 0 Å². The molecule has 2 atom stereocenters. The van der Waals surface area contributed by atoms with Gasteiger partial charge in [0.2, 0.25) is 5.75 Å². The van der Waals surface area contributed by atoms with Crippen LogP contribution in [0.2, 0.25) is 0 Å². The number of benzene rings is 1. The normalized spacial score (nSPS) is 23.2. The summed E-state index contributed by atoms with van der Waals surface area (Å²) >= 11 is 0. The zero-order chi connectivity index (χ0) is 26.0. The molecule has 1 aliphatic heterocycles. The van der Waals surface area contributed by atoms with Gasteiger partial charge in [0.15, 0.2) is 6.10 Å². The van der Waals surface area contributed by atoms with E-state index < -0.39 is 14.4 Å². The lowest BCUT2D eigenvalue weighted by Crippen LogP contribution is -2.30. The predicted molar refractivity (Wildman–Crippen MR) is 145 cm³/mol. The first-order valence-corrected chi connectivity index (χ1v) is 13.5. The van der Waals surface area contributed by atoms with E-state index in [2.05, 4.69) is 114 Å². The lowest BCUT2D eigenvalue weighted by Gasteiger charge is -2.36. The second-order valence-corrected chi connectivity index (χ2v) is 14.8. The zero-order valence-corrected chi connectivity index (χ0v) is 24.5. The van der Waals surface area contributed by atoms with Gasteiger partial charge in [-0.2, -0.15) is 0 Å². The van der Waals surface area contributed by atoms with Gasteiger partial charge >= 0.3 is 8.25 Å². The molecule has 0 saturated heterocycles. The second kappa shape index (κ2) is 8.45.